The Morgan fingerprint density at radius 3 is 2.81 bits per heavy atom. The lowest BCUT2D eigenvalue weighted by Crippen LogP contribution is -2.38. The fraction of sp³-hybridized carbons (Fsp3) is 0.357. The normalized spacial score (nSPS) is 13.9. The van der Waals surface area contributed by atoms with Gasteiger partial charge in [0.15, 0.2) is 0 Å². The van der Waals surface area contributed by atoms with Crippen LogP contribution in [0, 0.1) is 0 Å². The molecule has 0 aliphatic heterocycles. The summed E-state index contributed by atoms with van der Waals surface area (Å²) in [6.45, 7) is 3.53. The molecule has 0 aromatic carbocycles. The van der Waals surface area contributed by atoms with Crippen LogP contribution in [0.2, 0.25) is 5.15 Å². The van der Waals surface area contributed by atoms with Crippen molar-refractivity contribution in [2.24, 2.45) is 0 Å². The average molecular weight is 310 g/mol. The van der Waals surface area contributed by atoms with E-state index in [-0.39, 0.29) is 23.0 Å². The number of halogens is 1. The van der Waals surface area contributed by atoms with Crippen LogP contribution in [0.4, 0.5) is 5.69 Å². The SMILES string of the molecule is CCC(C)(CO)Nc1c(C(=O)O)c(Cl)nc2cccnc12. The van der Waals surface area contributed by atoms with Gasteiger partial charge in [0.2, 0.25) is 0 Å². The Morgan fingerprint density at radius 2 is 2.24 bits per heavy atom. The monoisotopic (exact) mass is 309 g/mol. The third kappa shape index (κ3) is 2.91. The van der Waals surface area contributed by atoms with Gasteiger partial charge in [0.1, 0.15) is 16.2 Å². The Morgan fingerprint density at radius 1 is 1.52 bits per heavy atom. The van der Waals surface area contributed by atoms with Gasteiger partial charge in [-0.25, -0.2) is 9.78 Å². The van der Waals surface area contributed by atoms with Gasteiger partial charge in [0.25, 0.3) is 0 Å². The molecule has 3 N–H and O–H groups in total. The molecule has 2 aromatic rings. The quantitative estimate of drug-likeness (QED) is 0.735. The topological polar surface area (TPSA) is 95.3 Å². The molecule has 0 saturated carbocycles. The predicted molar refractivity (Wildman–Crippen MR) is 80.9 cm³/mol. The molecule has 1 unspecified atom stereocenters. The van der Waals surface area contributed by atoms with Gasteiger partial charge in [0, 0.05) is 6.20 Å². The van der Waals surface area contributed by atoms with Crippen molar-refractivity contribution >= 4 is 34.3 Å². The molecule has 0 radical (unpaired) electrons. The number of hydrogen-bond acceptors (Lipinski definition) is 5. The summed E-state index contributed by atoms with van der Waals surface area (Å²) in [5.74, 6) is -1.20. The van der Waals surface area contributed by atoms with Crippen molar-refractivity contribution in [1.29, 1.82) is 0 Å². The first-order valence-electron chi connectivity index (χ1n) is 6.48. The molecule has 7 heteroatoms. The molecule has 1 atom stereocenters. The third-order valence-electron chi connectivity index (χ3n) is 3.47. The second-order valence-corrected chi connectivity index (χ2v) is 5.38. The van der Waals surface area contributed by atoms with Crippen LogP contribution in [0.15, 0.2) is 18.3 Å². The van der Waals surface area contributed by atoms with E-state index in [0.717, 1.165) is 0 Å². The molecule has 2 rings (SSSR count). The Hall–Kier alpha value is -1.92. The standard InChI is InChI=1S/C14H16ClN3O3/c1-3-14(2,7-19)18-11-9(13(20)21)12(15)17-8-5-4-6-16-10(8)11/h4-6,19H,3,7H2,1-2H3,(H,17,18)(H,20,21). The fourth-order valence-electron chi connectivity index (χ4n) is 1.92. The molecule has 2 aromatic heterocycles. The molecule has 6 nitrogen and oxygen atoms in total. The molecule has 112 valence electrons. The number of hydrogen-bond donors (Lipinski definition) is 3. The summed E-state index contributed by atoms with van der Waals surface area (Å²) in [5, 5.41) is 21.9. The summed E-state index contributed by atoms with van der Waals surface area (Å²) in [6, 6.07) is 3.40. The summed E-state index contributed by atoms with van der Waals surface area (Å²) in [6.07, 6.45) is 2.15. The van der Waals surface area contributed by atoms with E-state index in [1.165, 1.54) is 0 Å². The van der Waals surface area contributed by atoms with E-state index in [0.29, 0.717) is 17.5 Å². The lowest BCUT2D eigenvalue weighted by Gasteiger charge is -2.29. The number of anilines is 1. The molecule has 21 heavy (non-hydrogen) atoms. The predicted octanol–water partition coefficient (Wildman–Crippen LogP) is 2.55. The second-order valence-electron chi connectivity index (χ2n) is 5.03. The van der Waals surface area contributed by atoms with Crippen LogP contribution in [0.5, 0.6) is 0 Å². The van der Waals surface area contributed by atoms with Crippen molar-refractivity contribution in [3.63, 3.8) is 0 Å². The molecular formula is C14H16ClN3O3. The molecule has 0 bridgehead atoms. The van der Waals surface area contributed by atoms with Gasteiger partial charge in [-0.15, -0.1) is 0 Å². The van der Waals surface area contributed by atoms with Crippen LogP contribution < -0.4 is 5.32 Å². The van der Waals surface area contributed by atoms with Crippen molar-refractivity contribution in [2.75, 3.05) is 11.9 Å². The van der Waals surface area contributed by atoms with Gasteiger partial charge in [-0.05, 0) is 25.5 Å². The molecule has 0 fully saturated rings. The zero-order valence-corrected chi connectivity index (χ0v) is 12.5. The van der Waals surface area contributed by atoms with E-state index < -0.39 is 11.5 Å². The molecule has 0 aliphatic carbocycles. The highest BCUT2D eigenvalue weighted by atomic mass is 35.5. The highest BCUT2D eigenvalue weighted by Gasteiger charge is 2.27. The van der Waals surface area contributed by atoms with Crippen molar-refractivity contribution in [1.82, 2.24) is 9.97 Å². The number of carboxylic acids is 1. The second kappa shape index (κ2) is 5.83. The lowest BCUT2D eigenvalue weighted by atomic mass is 9.98. The Kier molecular flexibility index (Phi) is 4.29. The van der Waals surface area contributed by atoms with Crippen molar-refractivity contribution < 1.29 is 15.0 Å². The maximum Gasteiger partial charge on any atom is 0.341 e. The van der Waals surface area contributed by atoms with Crippen molar-refractivity contribution in [2.45, 2.75) is 25.8 Å². The van der Waals surface area contributed by atoms with E-state index in [1.807, 2.05) is 6.92 Å². The van der Waals surface area contributed by atoms with Gasteiger partial charge < -0.3 is 15.5 Å². The number of nitrogens with one attached hydrogen (secondary N) is 1. The molecule has 0 saturated heterocycles. The fourth-order valence-corrected chi connectivity index (χ4v) is 2.19. The maximum absolute atomic E-state index is 11.5. The number of nitrogens with zero attached hydrogens (tertiary/aromatic N) is 2. The van der Waals surface area contributed by atoms with Gasteiger partial charge in [-0.3, -0.25) is 4.98 Å². The summed E-state index contributed by atoms with van der Waals surface area (Å²) in [5.41, 5.74) is 0.352. The molecule has 0 spiro atoms. The number of fused-ring (bicyclic) bond motifs is 1. The Balaban J connectivity index is 2.73. The van der Waals surface area contributed by atoms with Crippen LogP contribution in [0.1, 0.15) is 30.6 Å². The number of aliphatic hydroxyl groups excluding tert-OH is 1. The molecule has 2 heterocycles. The van der Waals surface area contributed by atoms with Crippen molar-refractivity contribution in [3.8, 4) is 0 Å². The van der Waals surface area contributed by atoms with Gasteiger partial charge in [-0.1, -0.05) is 18.5 Å². The third-order valence-corrected chi connectivity index (χ3v) is 3.74. The summed E-state index contributed by atoms with van der Waals surface area (Å²) in [4.78, 5) is 19.7. The highest BCUT2D eigenvalue weighted by Crippen LogP contribution is 2.32. The van der Waals surface area contributed by atoms with E-state index in [4.69, 9.17) is 11.6 Å². The number of rotatable bonds is 5. The minimum absolute atomic E-state index is 0.109. The van der Waals surface area contributed by atoms with Crippen LogP contribution >= 0.6 is 11.6 Å². The van der Waals surface area contributed by atoms with E-state index in [2.05, 4.69) is 15.3 Å². The largest absolute Gasteiger partial charge is 0.478 e. The number of aliphatic hydroxyl groups is 1. The van der Waals surface area contributed by atoms with E-state index in [9.17, 15) is 15.0 Å². The van der Waals surface area contributed by atoms with E-state index in [1.54, 1.807) is 25.3 Å². The van der Waals surface area contributed by atoms with Crippen LogP contribution in [0.3, 0.4) is 0 Å². The average Bonchev–Trinajstić information content (AvgIpc) is 2.46. The Labute approximate surface area is 126 Å². The first-order chi connectivity index (χ1) is 9.91. The Bertz CT molecular complexity index is 686. The maximum atomic E-state index is 11.5. The minimum Gasteiger partial charge on any atom is -0.478 e. The first-order valence-corrected chi connectivity index (χ1v) is 6.86. The van der Waals surface area contributed by atoms with Crippen LogP contribution in [0.25, 0.3) is 11.0 Å². The lowest BCUT2D eigenvalue weighted by molar-refractivity contribution is 0.0697. The molecule has 0 amide bonds. The van der Waals surface area contributed by atoms with Crippen LogP contribution in [-0.2, 0) is 0 Å². The zero-order chi connectivity index (χ0) is 15.6. The number of carboxylic acid groups (broad SMARTS) is 1. The summed E-state index contributed by atoms with van der Waals surface area (Å²) >= 11 is 6.00. The number of pyridine rings is 2. The molecular weight excluding hydrogens is 294 g/mol. The number of aromatic nitrogens is 2. The zero-order valence-electron chi connectivity index (χ0n) is 11.7. The number of aromatic carboxylic acids is 1. The first kappa shape index (κ1) is 15.5. The van der Waals surface area contributed by atoms with Gasteiger partial charge in [-0.2, -0.15) is 0 Å². The van der Waals surface area contributed by atoms with Gasteiger partial charge in [0.05, 0.1) is 23.3 Å². The highest BCUT2D eigenvalue weighted by molar-refractivity contribution is 6.34. The minimum atomic E-state index is -1.20. The van der Waals surface area contributed by atoms with Crippen molar-refractivity contribution in [3.05, 3.63) is 29.0 Å². The van der Waals surface area contributed by atoms with E-state index >= 15 is 0 Å². The van der Waals surface area contributed by atoms with Crippen LogP contribution in [-0.4, -0.2) is 38.3 Å². The summed E-state index contributed by atoms with van der Waals surface area (Å²) < 4.78 is 0. The van der Waals surface area contributed by atoms with Gasteiger partial charge >= 0.3 is 5.97 Å². The smallest absolute Gasteiger partial charge is 0.341 e. The number of carbonyl (C=O) groups is 1. The molecule has 0 aliphatic rings. The summed E-state index contributed by atoms with van der Waals surface area (Å²) in [7, 11) is 0.